The van der Waals surface area contributed by atoms with Gasteiger partial charge >= 0.3 is 0 Å². The van der Waals surface area contributed by atoms with Crippen molar-refractivity contribution in [2.75, 3.05) is 47.1 Å². The monoisotopic (exact) mass is 465 g/mol. The van der Waals surface area contributed by atoms with Crippen LogP contribution in [0, 0.1) is 0 Å². The number of aliphatic hydroxyl groups is 1. The zero-order valence-corrected chi connectivity index (χ0v) is 19.6. The zero-order chi connectivity index (χ0) is 23.8. The van der Waals surface area contributed by atoms with E-state index in [0.29, 0.717) is 37.9 Å². The third kappa shape index (κ3) is 6.22. The van der Waals surface area contributed by atoms with Crippen LogP contribution in [0.3, 0.4) is 0 Å². The van der Waals surface area contributed by atoms with E-state index in [1.54, 1.807) is 14.2 Å². The van der Waals surface area contributed by atoms with E-state index < -0.39 is 6.10 Å². The standard InChI is InChI=1S/C26H31N3O5/c1-27-16-21(30)17-34-22-7-3-5-19(13-22)26-28-20(6-4-10-31-2)15-23(29-26)18-8-9-24-25(14-18)33-12-11-32-24/h3,5,7-9,13-15,21,27,30H,4,6,10-12,16-17H2,1-2H3. The molecule has 2 aromatic carbocycles. The van der Waals surface area contributed by atoms with Gasteiger partial charge in [0, 0.05) is 37.1 Å². The molecule has 8 nitrogen and oxygen atoms in total. The van der Waals surface area contributed by atoms with Crippen molar-refractivity contribution in [3.63, 3.8) is 0 Å². The highest BCUT2D eigenvalue weighted by molar-refractivity contribution is 5.67. The molecule has 1 aliphatic rings. The van der Waals surface area contributed by atoms with Crippen molar-refractivity contribution in [1.82, 2.24) is 15.3 Å². The van der Waals surface area contributed by atoms with Crippen LogP contribution in [0.15, 0.2) is 48.5 Å². The molecule has 1 aliphatic heterocycles. The summed E-state index contributed by atoms with van der Waals surface area (Å²) in [6.07, 6.45) is 1.05. The van der Waals surface area contributed by atoms with E-state index in [1.807, 2.05) is 48.5 Å². The summed E-state index contributed by atoms with van der Waals surface area (Å²) in [7, 11) is 3.49. The molecule has 0 saturated heterocycles. The SMILES string of the molecule is CNCC(O)COc1cccc(-c2nc(CCCOC)cc(-c3ccc4c(c3)OCCO4)n2)c1. The number of rotatable bonds is 11. The van der Waals surface area contributed by atoms with Crippen molar-refractivity contribution < 1.29 is 24.1 Å². The third-order valence-corrected chi connectivity index (χ3v) is 5.37. The van der Waals surface area contributed by atoms with Crippen LogP contribution in [-0.4, -0.2) is 68.3 Å². The first-order chi connectivity index (χ1) is 16.7. The second-order valence-corrected chi connectivity index (χ2v) is 8.07. The van der Waals surface area contributed by atoms with E-state index in [4.69, 9.17) is 28.9 Å². The molecule has 34 heavy (non-hydrogen) atoms. The predicted molar refractivity (Wildman–Crippen MR) is 130 cm³/mol. The third-order valence-electron chi connectivity index (χ3n) is 5.37. The lowest BCUT2D eigenvalue weighted by atomic mass is 10.1. The number of aromatic nitrogens is 2. The Bertz CT molecular complexity index is 1090. The van der Waals surface area contributed by atoms with E-state index in [-0.39, 0.29) is 6.61 Å². The van der Waals surface area contributed by atoms with E-state index in [2.05, 4.69) is 5.32 Å². The Hall–Kier alpha value is -3.20. The molecule has 2 heterocycles. The Morgan fingerprint density at radius 3 is 2.71 bits per heavy atom. The van der Waals surface area contributed by atoms with Gasteiger partial charge < -0.3 is 29.4 Å². The molecule has 0 spiro atoms. The highest BCUT2D eigenvalue weighted by Crippen LogP contribution is 2.35. The fourth-order valence-electron chi connectivity index (χ4n) is 3.71. The molecule has 0 aliphatic carbocycles. The average Bonchev–Trinajstić information content (AvgIpc) is 2.87. The van der Waals surface area contributed by atoms with Gasteiger partial charge in [-0.1, -0.05) is 12.1 Å². The lowest BCUT2D eigenvalue weighted by Crippen LogP contribution is -2.29. The van der Waals surface area contributed by atoms with Crippen LogP contribution in [0.25, 0.3) is 22.6 Å². The first-order valence-corrected chi connectivity index (χ1v) is 11.5. The quantitative estimate of drug-likeness (QED) is 0.417. The first kappa shape index (κ1) is 23.9. The molecule has 4 rings (SSSR count). The van der Waals surface area contributed by atoms with Gasteiger partial charge in [0.2, 0.25) is 0 Å². The summed E-state index contributed by atoms with van der Waals surface area (Å²) in [5, 5.41) is 12.9. The van der Waals surface area contributed by atoms with Gasteiger partial charge in [-0.2, -0.15) is 0 Å². The zero-order valence-electron chi connectivity index (χ0n) is 19.6. The number of hydrogen-bond acceptors (Lipinski definition) is 8. The molecule has 0 amide bonds. The number of benzene rings is 2. The second-order valence-electron chi connectivity index (χ2n) is 8.07. The summed E-state index contributed by atoms with van der Waals surface area (Å²) in [6.45, 7) is 2.41. The van der Waals surface area contributed by atoms with Crippen LogP contribution in [-0.2, 0) is 11.2 Å². The molecule has 3 aromatic rings. The smallest absolute Gasteiger partial charge is 0.162 e. The van der Waals surface area contributed by atoms with E-state index in [1.165, 1.54) is 0 Å². The molecule has 1 atom stereocenters. The molecular formula is C26H31N3O5. The molecule has 0 radical (unpaired) electrons. The highest BCUT2D eigenvalue weighted by atomic mass is 16.6. The van der Waals surface area contributed by atoms with Gasteiger partial charge in [-0.25, -0.2) is 9.97 Å². The molecule has 1 unspecified atom stereocenters. The molecule has 0 saturated carbocycles. The minimum Gasteiger partial charge on any atom is -0.491 e. The maximum atomic E-state index is 9.94. The van der Waals surface area contributed by atoms with Gasteiger partial charge in [0.05, 0.1) is 5.69 Å². The molecule has 0 bridgehead atoms. The Morgan fingerprint density at radius 1 is 1.03 bits per heavy atom. The van der Waals surface area contributed by atoms with Crippen molar-refractivity contribution in [2.45, 2.75) is 18.9 Å². The van der Waals surface area contributed by atoms with Crippen molar-refractivity contribution >= 4 is 0 Å². The average molecular weight is 466 g/mol. The predicted octanol–water partition coefficient (Wildman–Crippen LogP) is 3.12. The van der Waals surface area contributed by atoms with Crippen molar-refractivity contribution in [1.29, 1.82) is 0 Å². The molecular weight excluding hydrogens is 434 g/mol. The van der Waals surface area contributed by atoms with Gasteiger partial charge in [0.25, 0.3) is 0 Å². The maximum Gasteiger partial charge on any atom is 0.162 e. The number of nitrogens with zero attached hydrogens (tertiary/aromatic N) is 2. The Morgan fingerprint density at radius 2 is 1.88 bits per heavy atom. The van der Waals surface area contributed by atoms with Gasteiger partial charge in [-0.3, -0.25) is 0 Å². The number of methoxy groups -OCH3 is 1. The number of aryl methyl sites for hydroxylation is 1. The largest absolute Gasteiger partial charge is 0.491 e. The summed E-state index contributed by atoms with van der Waals surface area (Å²) in [4.78, 5) is 9.68. The Kier molecular flexibility index (Phi) is 8.30. The lowest BCUT2D eigenvalue weighted by molar-refractivity contribution is 0.108. The van der Waals surface area contributed by atoms with Crippen LogP contribution in [0.1, 0.15) is 12.1 Å². The van der Waals surface area contributed by atoms with Crippen molar-refractivity contribution in [3.05, 3.63) is 54.2 Å². The second kappa shape index (κ2) is 11.8. The number of likely N-dealkylation sites (N-methyl/N-ethyl adjacent to an activating group) is 1. The molecule has 2 N–H and O–H groups in total. The van der Waals surface area contributed by atoms with Gasteiger partial charge in [-0.05, 0) is 56.3 Å². The Balaban J connectivity index is 1.64. The summed E-state index contributed by atoms with van der Waals surface area (Å²) in [5.74, 6) is 2.73. The number of nitrogens with one attached hydrogen (secondary N) is 1. The number of aliphatic hydroxyl groups excluding tert-OH is 1. The normalized spacial score (nSPS) is 13.5. The fraction of sp³-hybridized carbons (Fsp3) is 0.385. The highest BCUT2D eigenvalue weighted by Gasteiger charge is 2.15. The van der Waals surface area contributed by atoms with Crippen LogP contribution >= 0.6 is 0 Å². The summed E-state index contributed by atoms with van der Waals surface area (Å²) >= 11 is 0. The first-order valence-electron chi connectivity index (χ1n) is 11.5. The minimum absolute atomic E-state index is 0.199. The fourth-order valence-corrected chi connectivity index (χ4v) is 3.71. The van der Waals surface area contributed by atoms with Crippen molar-refractivity contribution in [2.24, 2.45) is 0 Å². The van der Waals surface area contributed by atoms with E-state index in [0.717, 1.165) is 46.9 Å². The van der Waals surface area contributed by atoms with E-state index in [9.17, 15) is 5.11 Å². The van der Waals surface area contributed by atoms with Crippen LogP contribution < -0.4 is 19.5 Å². The molecule has 1 aromatic heterocycles. The topological polar surface area (TPSA) is 95.0 Å². The van der Waals surface area contributed by atoms with Gasteiger partial charge in [0.1, 0.15) is 31.7 Å². The molecule has 8 heteroatoms. The number of ether oxygens (including phenoxy) is 4. The van der Waals surface area contributed by atoms with E-state index >= 15 is 0 Å². The lowest BCUT2D eigenvalue weighted by Gasteiger charge is -2.19. The number of fused-ring (bicyclic) bond motifs is 1. The van der Waals surface area contributed by atoms with Crippen LogP contribution in [0.2, 0.25) is 0 Å². The summed E-state index contributed by atoms with van der Waals surface area (Å²) < 4.78 is 22.4. The summed E-state index contributed by atoms with van der Waals surface area (Å²) in [6, 6.07) is 15.5. The van der Waals surface area contributed by atoms with Gasteiger partial charge in [-0.15, -0.1) is 0 Å². The summed E-state index contributed by atoms with van der Waals surface area (Å²) in [5.41, 5.74) is 3.52. The number of hydrogen-bond donors (Lipinski definition) is 2. The van der Waals surface area contributed by atoms with Crippen LogP contribution in [0.4, 0.5) is 0 Å². The molecule has 180 valence electrons. The van der Waals surface area contributed by atoms with Crippen LogP contribution in [0.5, 0.6) is 17.2 Å². The Labute approximate surface area is 199 Å². The van der Waals surface area contributed by atoms with Gasteiger partial charge in [0.15, 0.2) is 17.3 Å². The minimum atomic E-state index is -0.587. The maximum absolute atomic E-state index is 9.94. The molecule has 0 fully saturated rings. The van der Waals surface area contributed by atoms with Crippen molar-refractivity contribution in [3.8, 4) is 39.9 Å².